The van der Waals surface area contributed by atoms with E-state index in [1.165, 1.54) is 25.7 Å². The summed E-state index contributed by atoms with van der Waals surface area (Å²) in [7, 11) is 0. The third-order valence-corrected chi connectivity index (χ3v) is 7.90. The fraction of sp³-hybridized carbons (Fsp3) is 0.800. The topological polar surface area (TPSA) is 21.8 Å². The second kappa shape index (κ2) is 4.08. The number of rotatable bonds is 3. The first kappa shape index (κ1) is 13.8. The molecular formula is C20H28O2. The molecule has 0 amide bonds. The van der Waals surface area contributed by atoms with Gasteiger partial charge in [-0.1, -0.05) is 45.1 Å². The SMILES string of the molecule is CC(C)C12CC(OC3CCC4C=CC=CC43)C3(C)CCC31O2. The van der Waals surface area contributed by atoms with E-state index in [-0.39, 0.29) is 16.6 Å². The van der Waals surface area contributed by atoms with Gasteiger partial charge < -0.3 is 9.47 Å². The van der Waals surface area contributed by atoms with Crippen molar-refractivity contribution >= 4 is 0 Å². The van der Waals surface area contributed by atoms with E-state index in [9.17, 15) is 0 Å². The summed E-state index contributed by atoms with van der Waals surface area (Å²) in [6.45, 7) is 7.09. The minimum Gasteiger partial charge on any atom is -0.374 e. The zero-order valence-electron chi connectivity index (χ0n) is 14.0. The third kappa shape index (κ3) is 1.36. The van der Waals surface area contributed by atoms with Crippen LogP contribution in [0.3, 0.4) is 0 Å². The summed E-state index contributed by atoms with van der Waals surface area (Å²) >= 11 is 0. The highest BCUT2D eigenvalue weighted by Crippen LogP contribution is 2.80. The van der Waals surface area contributed by atoms with E-state index < -0.39 is 0 Å². The van der Waals surface area contributed by atoms with Gasteiger partial charge in [0.25, 0.3) is 0 Å². The maximum Gasteiger partial charge on any atom is 0.106 e. The molecule has 3 saturated carbocycles. The average molecular weight is 300 g/mol. The van der Waals surface area contributed by atoms with Crippen LogP contribution in [0.4, 0.5) is 0 Å². The molecule has 7 unspecified atom stereocenters. The lowest BCUT2D eigenvalue weighted by Crippen LogP contribution is -2.52. The normalized spacial score (nSPS) is 57.5. The van der Waals surface area contributed by atoms with Crippen LogP contribution in [0.5, 0.6) is 0 Å². The Labute approximate surface area is 133 Å². The minimum atomic E-state index is 0.130. The van der Waals surface area contributed by atoms with Gasteiger partial charge in [-0.25, -0.2) is 0 Å². The predicted molar refractivity (Wildman–Crippen MR) is 86.5 cm³/mol. The van der Waals surface area contributed by atoms with Crippen LogP contribution in [0.15, 0.2) is 24.3 Å². The first-order valence-electron chi connectivity index (χ1n) is 9.23. The summed E-state index contributed by atoms with van der Waals surface area (Å²) in [4.78, 5) is 0. The van der Waals surface area contributed by atoms with Crippen LogP contribution in [0.1, 0.15) is 52.9 Å². The highest BCUT2D eigenvalue weighted by atomic mass is 16.6. The maximum atomic E-state index is 6.78. The van der Waals surface area contributed by atoms with Crippen LogP contribution in [0.2, 0.25) is 0 Å². The Morgan fingerprint density at radius 3 is 2.64 bits per heavy atom. The van der Waals surface area contributed by atoms with Crippen LogP contribution in [0.25, 0.3) is 0 Å². The molecule has 0 N–H and O–H groups in total. The molecule has 4 aliphatic carbocycles. The molecule has 7 atom stereocenters. The molecule has 5 aliphatic rings. The number of epoxide rings is 1. The van der Waals surface area contributed by atoms with Crippen molar-refractivity contribution in [3.8, 4) is 0 Å². The fourth-order valence-corrected chi connectivity index (χ4v) is 6.32. The largest absolute Gasteiger partial charge is 0.374 e. The molecule has 120 valence electrons. The van der Waals surface area contributed by atoms with E-state index in [1.807, 2.05) is 0 Å². The molecule has 5 rings (SSSR count). The number of ether oxygens (including phenoxy) is 2. The van der Waals surface area contributed by atoms with E-state index in [0.717, 1.165) is 6.42 Å². The molecule has 22 heavy (non-hydrogen) atoms. The van der Waals surface area contributed by atoms with Crippen molar-refractivity contribution in [1.82, 2.24) is 0 Å². The summed E-state index contributed by atoms with van der Waals surface area (Å²) in [6, 6.07) is 0. The van der Waals surface area contributed by atoms with Crippen molar-refractivity contribution in [3.05, 3.63) is 24.3 Å². The lowest BCUT2D eigenvalue weighted by Gasteiger charge is -2.48. The van der Waals surface area contributed by atoms with E-state index in [0.29, 0.717) is 30.0 Å². The van der Waals surface area contributed by atoms with Crippen molar-refractivity contribution in [1.29, 1.82) is 0 Å². The molecule has 0 bridgehead atoms. The highest BCUT2D eigenvalue weighted by Gasteiger charge is 2.88. The van der Waals surface area contributed by atoms with E-state index in [2.05, 4.69) is 45.1 Å². The zero-order valence-corrected chi connectivity index (χ0v) is 14.0. The number of allylic oxidation sites excluding steroid dienone is 3. The van der Waals surface area contributed by atoms with Crippen LogP contribution < -0.4 is 0 Å². The molecule has 0 aromatic rings. The number of hydrogen-bond donors (Lipinski definition) is 0. The molecule has 1 spiro atoms. The monoisotopic (exact) mass is 300 g/mol. The van der Waals surface area contributed by atoms with Crippen molar-refractivity contribution < 1.29 is 9.47 Å². The van der Waals surface area contributed by atoms with E-state index in [4.69, 9.17) is 9.47 Å². The molecule has 0 aromatic carbocycles. The first-order valence-corrected chi connectivity index (χ1v) is 9.23. The quantitative estimate of drug-likeness (QED) is 0.726. The Balaban J connectivity index is 1.37. The zero-order chi connectivity index (χ0) is 15.2. The molecule has 4 fully saturated rings. The Morgan fingerprint density at radius 2 is 1.95 bits per heavy atom. The standard InChI is InChI=1S/C20H28O2/c1-13(2)19-12-17(18(3)10-11-20(18,19)22-19)21-16-9-8-14-6-4-5-7-15(14)16/h4-7,13-17H,8-12H2,1-3H3. The summed E-state index contributed by atoms with van der Waals surface area (Å²) in [6.07, 6.45) is 16.2. The summed E-state index contributed by atoms with van der Waals surface area (Å²) in [5.74, 6) is 1.93. The summed E-state index contributed by atoms with van der Waals surface area (Å²) in [5, 5.41) is 0. The molecule has 2 nitrogen and oxygen atoms in total. The van der Waals surface area contributed by atoms with Gasteiger partial charge in [-0.2, -0.15) is 0 Å². The Bertz CT molecular complexity index is 562. The van der Waals surface area contributed by atoms with Crippen molar-refractivity contribution in [2.24, 2.45) is 23.2 Å². The van der Waals surface area contributed by atoms with Gasteiger partial charge in [0.05, 0.1) is 12.2 Å². The van der Waals surface area contributed by atoms with Crippen LogP contribution in [-0.2, 0) is 9.47 Å². The molecule has 2 heteroatoms. The number of hydrogen-bond acceptors (Lipinski definition) is 2. The second-order valence-electron chi connectivity index (χ2n) is 8.85. The van der Waals surface area contributed by atoms with Crippen molar-refractivity contribution in [2.45, 2.75) is 76.3 Å². The fourth-order valence-electron chi connectivity index (χ4n) is 6.32. The Kier molecular flexibility index (Phi) is 2.56. The van der Waals surface area contributed by atoms with Gasteiger partial charge in [0.1, 0.15) is 11.2 Å². The smallest absolute Gasteiger partial charge is 0.106 e. The van der Waals surface area contributed by atoms with Crippen molar-refractivity contribution in [2.75, 3.05) is 0 Å². The van der Waals surface area contributed by atoms with Gasteiger partial charge in [0.2, 0.25) is 0 Å². The molecule has 0 aromatic heterocycles. The lowest BCUT2D eigenvalue weighted by atomic mass is 9.58. The maximum absolute atomic E-state index is 6.78. The van der Waals surface area contributed by atoms with Gasteiger partial charge in [-0.05, 0) is 37.5 Å². The Morgan fingerprint density at radius 1 is 1.14 bits per heavy atom. The van der Waals surface area contributed by atoms with Gasteiger partial charge >= 0.3 is 0 Å². The third-order valence-electron chi connectivity index (χ3n) is 7.90. The van der Waals surface area contributed by atoms with Crippen molar-refractivity contribution in [3.63, 3.8) is 0 Å². The summed E-state index contributed by atoms with van der Waals surface area (Å²) in [5.41, 5.74) is 0.563. The molecular weight excluding hydrogens is 272 g/mol. The Hall–Kier alpha value is -0.600. The minimum absolute atomic E-state index is 0.130. The molecule has 1 heterocycles. The first-order chi connectivity index (χ1) is 10.5. The van der Waals surface area contributed by atoms with Gasteiger partial charge in [0.15, 0.2) is 0 Å². The van der Waals surface area contributed by atoms with Gasteiger partial charge in [-0.15, -0.1) is 0 Å². The van der Waals surface area contributed by atoms with E-state index in [1.54, 1.807) is 0 Å². The molecule has 0 radical (unpaired) electrons. The molecule has 1 aliphatic heterocycles. The van der Waals surface area contributed by atoms with Crippen LogP contribution in [-0.4, -0.2) is 23.4 Å². The molecule has 1 saturated heterocycles. The van der Waals surface area contributed by atoms with Gasteiger partial charge in [0, 0.05) is 17.8 Å². The lowest BCUT2D eigenvalue weighted by molar-refractivity contribution is -0.148. The van der Waals surface area contributed by atoms with Crippen LogP contribution >= 0.6 is 0 Å². The average Bonchev–Trinajstić information content (AvgIpc) is 3.03. The number of fused-ring (bicyclic) bond motifs is 1. The summed E-state index contributed by atoms with van der Waals surface area (Å²) < 4.78 is 13.2. The van der Waals surface area contributed by atoms with Gasteiger partial charge in [-0.3, -0.25) is 0 Å². The van der Waals surface area contributed by atoms with E-state index >= 15 is 0 Å². The van der Waals surface area contributed by atoms with Crippen LogP contribution in [0, 0.1) is 23.2 Å². The predicted octanol–water partition coefficient (Wildman–Crippen LogP) is 4.26. The second-order valence-corrected chi connectivity index (χ2v) is 8.85. The highest BCUT2D eigenvalue weighted by molar-refractivity contribution is 5.36.